The minimum atomic E-state index is -4.67. The molecule has 0 bridgehead atoms. The van der Waals surface area contributed by atoms with Gasteiger partial charge in [0.1, 0.15) is 17.4 Å². The fraction of sp³-hybridized carbons (Fsp3) is 0.548. The van der Waals surface area contributed by atoms with Crippen molar-refractivity contribution in [3.63, 3.8) is 0 Å². The van der Waals surface area contributed by atoms with Crippen molar-refractivity contribution >= 4 is 32.7 Å². The molecule has 1 heterocycles. The minimum Gasteiger partial charge on any atom is -0.405 e. The maximum absolute atomic E-state index is 12.8. The van der Waals surface area contributed by atoms with Gasteiger partial charge in [0.2, 0.25) is 0 Å². The maximum Gasteiger partial charge on any atom is 0.573 e. The number of fused-ring (bicyclic) bond motifs is 1. The van der Waals surface area contributed by atoms with Gasteiger partial charge in [0.25, 0.3) is 0 Å². The van der Waals surface area contributed by atoms with Crippen molar-refractivity contribution in [3.8, 4) is 5.75 Å². The third-order valence-corrected chi connectivity index (χ3v) is 9.29. The number of hydrogen-bond acceptors (Lipinski definition) is 4. The van der Waals surface area contributed by atoms with Crippen LogP contribution in [0.1, 0.15) is 69.2 Å². The van der Waals surface area contributed by atoms with E-state index < -0.39 is 6.36 Å². The molecule has 0 aliphatic heterocycles. The van der Waals surface area contributed by atoms with Crippen LogP contribution in [0.4, 0.5) is 19.0 Å². The molecule has 0 N–H and O–H groups in total. The van der Waals surface area contributed by atoms with Crippen molar-refractivity contribution in [2.75, 3.05) is 19.0 Å². The molecule has 1 unspecified atom stereocenters. The lowest BCUT2D eigenvalue weighted by Crippen LogP contribution is -2.18. The highest BCUT2D eigenvalue weighted by atomic mass is 79.9. The van der Waals surface area contributed by atoms with Crippen molar-refractivity contribution in [2.45, 2.75) is 77.0 Å². The number of unbranched alkanes of at least 4 members (excludes halogenated alkanes) is 1. The summed E-state index contributed by atoms with van der Waals surface area (Å²) in [7, 11) is 4.07. The minimum absolute atomic E-state index is 0.0942. The third-order valence-electron chi connectivity index (χ3n) is 8.79. The molecule has 2 aliphatic rings. The predicted octanol–water partition coefficient (Wildman–Crippen LogP) is 8.90. The van der Waals surface area contributed by atoms with Crippen LogP contribution in [-0.2, 0) is 12.8 Å². The third kappa shape index (κ3) is 7.05. The number of ether oxygens (including phenoxy) is 1. The summed E-state index contributed by atoms with van der Waals surface area (Å²) >= 11 is 3.24. The Morgan fingerprint density at radius 3 is 2.51 bits per heavy atom. The Kier molecular flexibility index (Phi) is 8.41. The molecular weight excluding hydrogens is 567 g/mol. The number of benzene rings is 2. The normalized spacial score (nSPS) is 22.8. The Morgan fingerprint density at radius 2 is 1.77 bits per heavy atom. The smallest absolute Gasteiger partial charge is 0.405 e. The van der Waals surface area contributed by atoms with Gasteiger partial charge in [-0.05, 0) is 98.4 Å². The molecule has 8 heteroatoms. The number of rotatable bonds is 10. The quantitative estimate of drug-likeness (QED) is 0.217. The van der Waals surface area contributed by atoms with Crippen molar-refractivity contribution < 1.29 is 17.9 Å². The highest BCUT2D eigenvalue weighted by Gasteiger charge is 2.53. The van der Waals surface area contributed by atoms with Gasteiger partial charge in [-0.2, -0.15) is 0 Å². The van der Waals surface area contributed by atoms with Gasteiger partial charge >= 0.3 is 6.36 Å². The van der Waals surface area contributed by atoms with Gasteiger partial charge in [-0.3, -0.25) is 0 Å². The van der Waals surface area contributed by atoms with Crippen LogP contribution in [0, 0.1) is 17.3 Å². The Morgan fingerprint density at radius 1 is 1.00 bits per heavy atom. The molecule has 39 heavy (non-hydrogen) atoms. The first kappa shape index (κ1) is 28.2. The summed E-state index contributed by atoms with van der Waals surface area (Å²) in [6.07, 6.45) is 7.57. The summed E-state index contributed by atoms with van der Waals surface area (Å²) in [5.41, 5.74) is 2.16. The molecule has 0 amide bonds. The molecule has 3 aromatic rings. The molecule has 1 spiro atoms. The monoisotopic (exact) mass is 603 g/mol. The molecule has 210 valence electrons. The lowest BCUT2D eigenvalue weighted by molar-refractivity contribution is -0.274. The Hall–Kier alpha value is -2.35. The van der Waals surface area contributed by atoms with Gasteiger partial charge in [-0.1, -0.05) is 47.0 Å². The number of hydrogen-bond donors (Lipinski definition) is 0. The van der Waals surface area contributed by atoms with Crippen LogP contribution in [-0.4, -0.2) is 30.4 Å². The van der Waals surface area contributed by atoms with Crippen molar-refractivity contribution in [1.29, 1.82) is 0 Å². The van der Waals surface area contributed by atoms with Gasteiger partial charge in [0, 0.05) is 30.4 Å². The molecular formula is C31H37BrF3N3O. The highest BCUT2D eigenvalue weighted by Crippen LogP contribution is 2.64. The summed E-state index contributed by atoms with van der Waals surface area (Å²) in [4.78, 5) is 11.8. The van der Waals surface area contributed by atoms with Crippen LogP contribution >= 0.6 is 15.9 Å². The molecule has 5 rings (SSSR count). The van der Waals surface area contributed by atoms with E-state index in [9.17, 15) is 13.2 Å². The van der Waals surface area contributed by atoms with E-state index in [-0.39, 0.29) is 5.75 Å². The molecule has 2 fully saturated rings. The van der Waals surface area contributed by atoms with Crippen molar-refractivity contribution in [3.05, 3.63) is 58.3 Å². The van der Waals surface area contributed by atoms with E-state index in [2.05, 4.69) is 37.7 Å². The summed E-state index contributed by atoms with van der Waals surface area (Å²) < 4.78 is 43.1. The SMILES string of the molecule is CN(C)c1nc(CCC2CC23CCC(CCCCc2ccc(Br)cc2OC(F)(F)F)CC3)nc2ccccc12. The van der Waals surface area contributed by atoms with Crippen LogP contribution in [0.15, 0.2) is 46.9 Å². The topological polar surface area (TPSA) is 38.2 Å². The number of nitrogens with zero attached hydrogens (tertiary/aromatic N) is 3. The number of halogens is 4. The van der Waals surface area contributed by atoms with E-state index in [1.54, 1.807) is 12.1 Å². The molecule has 0 saturated heterocycles. The van der Waals surface area contributed by atoms with E-state index in [0.29, 0.717) is 21.9 Å². The number of aromatic nitrogens is 2. The molecule has 1 atom stereocenters. The second-order valence-electron chi connectivity index (χ2n) is 11.7. The Balaban J connectivity index is 1.06. The first-order valence-electron chi connectivity index (χ1n) is 14.1. The van der Waals surface area contributed by atoms with Crippen molar-refractivity contribution in [2.24, 2.45) is 17.3 Å². The lowest BCUT2D eigenvalue weighted by atomic mass is 9.76. The Bertz CT molecular complexity index is 1290. The molecule has 0 radical (unpaired) electrons. The molecule has 2 aromatic carbocycles. The fourth-order valence-corrected chi connectivity index (χ4v) is 6.90. The van der Waals surface area contributed by atoms with Crippen LogP contribution in [0.2, 0.25) is 0 Å². The summed E-state index contributed by atoms with van der Waals surface area (Å²) in [6, 6.07) is 13.1. The Labute approximate surface area is 237 Å². The lowest BCUT2D eigenvalue weighted by Gasteiger charge is -2.29. The van der Waals surface area contributed by atoms with E-state index in [4.69, 9.17) is 9.97 Å². The van der Waals surface area contributed by atoms with Crippen LogP contribution in [0.25, 0.3) is 10.9 Å². The number of alkyl halides is 3. The van der Waals surface area contributed by atoms with E-state index >= 15 is 0 Å². The highest BCUT2D eigenvalue weighted by molar-refractivity contribution is 9.10. The van der Waals surface area contributed by atoms with Crippen LogP contribution < -0.4 is 9.64 Å². The number of para-hydroxylation sites is 1. The van der Waals surface area contributed by atoms with Crippen molar-refractivity contribution in [1.82, 2.24) is 9.97 Å². The maximum atomic E-state index is 12.8. The standard InChI is InChI=1S/C31H37BrF3N3O/c1-38(2)29-25-9-5-6-10-26(25)36-28(37-29)14-12-23-20-30(23)17-15-21(16-18-30)7-3-4-8-22-11-13-24(32)19-27(22)39-31(33,34)35/h5-6,9-11,13,19,21,23H,3-4,7-8,12,14-18,20H2,1-2H3. The first-order valence-corrected chi connectivity index (χ1v) is 14.9. The zero-order valence-electron chi connectivity index (χ0n) is 22.7. The zero-order valence-corrected chi connectivity index (χ0v) is 24.3. The number of anilines is 1. The van der Waals surface area contributed by atoms with Gasteiger partial charge in [0.05, 0.1) is 5.52 Å². The summed E-state index contributed by atoms with van der Waals surface area (Å²) in [5.74, 6) is 3.36. The fourth-order valence-electron chi connectivity index (χ4n) is 6.56. The van der Waals surface area contributed by atoms with Gasteiger partial charge < -0.3 is 9.64 Å². The van der Waals surface area contributed by atoms with E-state index in [0.717, 1.165) is 66.5 Å². The average molecular weight is 605 g/mol. The largest absolute Gasteiger partial charge is 0.573 e. The molecule has 4 nitrogen and oxygen atoms in total. The summed E-state index contributed by atoms with van der Waals surface area (Å²) in [5, 5.41) is 1.10. The van der Waals surface area contributed by atoms with Gasteiger partial charge in [0.15, 0.2) is 0 Å². The predicted molar refractivity (Wildman–Crippen MR) is 153 cm³/mol. The second kappa shape index (κ2) is 11.6. The van der Waals surface area contributed by atoms with E-state index in [1.165, 1.54) is 38.2 Å². The summed E-state index contributed by atoms with van der Waals surface area (Å²) in [6.45, 7) is 0. The van der Waals surface area contributed by atoms with Gasteiger partial charge in [-0.15, -0.1) is 13.2 Å². The van der Waals surface area contributed by atoms with Gasteiger partial charge in [-0.25, -0.2) is 9.97 Å². The first-order chi connectivity index (χ1) is 18.6. The zero-order chi connectivity index (χ0) is 27.6. The average Bonchev–Trinajstić information content (AvgIpc) is 3.57. The van der Waals surface area contributed by atoms with Crippen LogP contribution in [0.3, 0.4) is 0 Å². The molecule has 1 aromatic heterocycles. The van der Waals surface area contributed by atoms with E-state index in [1.807, 2.05) is 26.2 Å². The second-order valence-corrected chi connectivity index (χ2v) is 12.6. The van der Waals surface area contributed by atoms with Crippen LogP contribution in [0.5, 0.6) is 5.75 Å². The molecule has 2 aliphatic carbocycles. The number of aryl methyl sites for hydroxylation is 2. The molecule has 2 saturated carbocycles.